The lowest BCUT2D eigenvalue weighted by Crippen LogP contribution is -2.56. The van der Waals surface area contributed by atoms with Gasteiger partial charge in [-0.15, -0.1) is 11.3 Å². The second-order valence-electron chi connectivity index (χ2n) is 8.50. The number of carbonyl (C=O) groups excluding carboxylic acids is 1. The Morgan fingerprint density at radius 3 is 2.97 bits per heavy atom. The molecule has 152 valence electrons. The van der Waals surface area contributed by atoms with E-state index in [-0.39, 0.29) is 6.10 Å². The molecule has 4 aromatic rings. The van der Waals surface area contributed by atoms with Gasteiger partial charge in [0.2, 0.25) is 5.88 Å². The molecule has 0 saturated heterocycles. The number of nitrogens with two attached hydrogens (primary N) is 1. The minimum atomic E-state index is -0.497. The zero-order chi connectivity index (χ0) is 20.3. The highest BCUT2D eigenvalue weighted by molar-refractivity contribution is 7.17. The summed E-state index contributed by atoms with van der Waals surface area (Å²) in [5.41, 5.74) is 9.29. The van der Waals surface area contributed by atoms with Crippen LogP contribution in [0.5, 0.6) is 5.88 Å². The minimum absolute atomic E-state index is 0.0876. The summed E-state index contributed by atoms with van der Waals surface area (Å²) >= 11 is 1.54. The van der Waals surface area contributed by atoms with Crippen molar-refractivity contribution in [2.45, 2.75) is 37.8 Å². The van der Waals surface area contributed by atoms with Gasteiger partial charge in [-0.1, -0.05) is 6.07 Å². The first-order valence-electron chi connectivity index (χ1n) is 10.1. The largest absolute Gasteiger partial charge is 0.474 e. The summed E-state index contributed by atoms with van der Waals surface area (Å²) in [6, 6.07) is 10.3. The molecule has 0 bridgehead atoms. The summed E-state index contributed by atoms with van der Waals surface area (Å²) < 4.78 is 8.94. The number of ether oxygens (including phenoxy) is 1. The third-order valence-corrected chi connectivity index (χ3v) is 7.26. The Kier molecular flexibility index (Phi) is 3.80. The number of amides is 1. The number of anilines is 1. The van der Waals surface area contributed by atoms with E-state index in [2.05, 4.69) is 21.5 Å². The Bertz CT molecular complexity index is 1270. The number of hydrogen-bond acceptors (Lipinski definition) is 6. The van der Waals surface area contributed by atoms with Gasteiger partial charge in [0.05, 0.1) is 27.6 Å². The van der Waals surface area contributed by atoms with Gasteiger partial charge in [0.1, 0.15) is 11.7 Å². The van der Waals surface area contributed by atoms with Crippen molar-refractivity contribution in [2.75, 3.05) is 5.32 Å². The topological polar surface area (TPSA) is 94.5 Å². The van der Waals surface area contributed by atoms with E-state index < -0.39 is 5.91 Å². The van der Waals surface area contributed by atoms with Gasteiger partial charge >= 0.3 is 0 Å². The Labute approximate surface area is 176 Å². The van der Waals surface area contributed by atoms with Gasteiger partial charge in [0.25, 0.3) is 5.91 Å². The van der Waals surface area contributed by atoms with Crippen molar-refractivity contribution in [2.24, 2.45) is 11.1 Å². The number of primary amides is 1. The molecule has 6 rings (SSSR count). The smallest absolute Gasteiger partial charge is 0.254 e. The van der Waals surface area contributed by atoms with Crippen LogP contribution in [0.2, 0.25) is 0 Å². The standard InChI is InChI=1S/C22H21N5O2S/c23-20(28)15-7-19-16(4-6-30-19)26-21(15)29-14-10-22(11-14)8-13(9-22)25-17-12-24-27-5-2-1-3-18(17)27/h1-7,12-14,25H,8-11H2,(H2,23,28). The summed E-state index contributed by atoms with van der Waals surface area (Å²) in [6.07, 6.45) is 8.16. The number of fused-ring (bicyclic) bond motifs is 2. The molecule has 2 aliphatic carbocycles. The Balaban J connectivity index is 1.09. The lowest BCUT2D eigenvalue weighted by molar-refractivity contribution is -0.0758. The molecule has 7 nitrogen and oxygen atoms in total. The van der Waals surface area contributed by atoms with E-state index in [9.17, 15) is 4.79 Å². The van der Waals surface area contributed by atoms with Crippen LogP contribution in [0.1, 0.15) is 36.0 Å². The fourth-order valence-corrected chi connectivity index (χ4v) is 5.74. The molecule has 3 N–H and O–H groups in total. The lowest BCUT2D eigenvalue weighted by Gasteiger charge is -2.57. The van der Waals surface area contributed by atoms with Crippen LogP contribution < -0.4 is 15.8 Å². The molecule has 0 unspecified atom stereocenters. The van der Waals surface area contributed by atoms with E-state index in [1.165, 1.54) is 0 Å². The fraction of sp³-hybridized carbons (Fsp3) is 0.318. The lowest BCUT2D eigenvalue weighted by atomic mass is 9.53. The van der Waals surface area contributed by atoms with Crippen LogP contribution in [0.25, 0.3) is 15.7 Å². The summed E-state index contributed by atoms with van der Waals surface area (Å²) in [5, 5.41) is 9.98. The Morgan fingerprint density at radius 1 is 1.27 bits per heavy atom. The third-order valence-electron chi connectivity index (χ3n) is 6.41. The van der Waals surface area contributed by atoms with Crippen molar-refractivity contribution in [3.05, 3.63) is 53.7 Å². The quantitative estimate of drug-likeness (QED) is 0.512. The monoisotopic (exact) mass is 419 g/mol. The van der Waals surface area contributed by atoms with Crippen molar-refractivity contribution in [3.8, 4) is 5.88 Å². The summed E-state index contributed by atoms with van der Waals surface area (Å²) in [7, 11) is 0. The normalized spacial score (nSPS) is 25.2. The van der Waals surface area contributed by atoms with Crippen LogP contribution in [0.15, 0.2) is 48.1 Å². The zero-order valence-corrected chi connectivity index (χ0v) is 17.1. The molecule has 0 aromatic carbocycles. The van der Waals surface area contributed by atoms with Crippen LogP contribution in [-0.4, -0.2) is 32.7 Å². The van der Waals surface area contributed by atoms with E-state index in [1.807, 2.05) is 40.5 Å². The summed E-state index contributed by atoms with van der Waals surface area (Å²) in [5.74, 6) is -0.128. The maximum atomic E-state index is 11.8. The van der Waals surface area contributed by atoms with Gasteiger partial charge in [0.15, 0.2) is 0 Å². The van der Waals surface area contributed by atoms with Gasteiger partial charge in [-0.25, -0.2) is 9.50 Å². The van der Waals surface area contributed by atoms with Crippen LogP contribution >= 0.6 is 11.3 Å². The molecule has 4 aromatic heterocycles. The molecule has 30 heavy (non-hydrogen) atoms. The third kappa shape index (κ3) is 2.82. The molecular weight excluding hydrogens is 398 g/mol. The number of aromatic nitrogens is 3. The molecule has 4 heterocycles. The van der Waals surface area contributed by atoms with Gasteiger partial charge in [-0.2, -0.15) is 5.10 Å². The summed E-state index contributed by atoms with van der Waals surface area (Å²) in [4.78, 5) is 16.4. The van der Waals surface area contributed by atoms with E-state index in [1.54, 1.807) is 17.4 Å². The second-order valence-corrected chi connectivity index (χ2v) is 9.44. The highest BCUT2D eigenvalue weighted by atomic mass is 32.1. The number of nitrogens with zero attached hydrogens (tertiary/aromatic N) is 3. The average molecular weight is 420 g/mol. The van der Waals surface area contributed by atoms with Gasteiger partial charge in [-0.05, 0) is 60.7 Å². The number of pyridine rings is 2. The van der Waals surface area contributed by atoms with Crippen molar-refractivity contribution in [3.63, 3.8) is 0 Å². The molecule has 1 spiro atoms. The molecular formula is C22H21N5O2S. The van der Waals surface area contributed by atoms with Crippen molar-refractivity contribution < 1.29 is 9.53 Å². The molecule has 1 amide bonds. The molecule has 8 heteroatoms. The Hall–Kier alpha value is -3.13. The van der Waals surface area contributed by atoms with Crippen molar-refractivity contribution in [1.29, 1.82) is 0 Å². The Morgan fingerprint density at radius 2 is 2.13 bits per heavy atom. The first-order chi connectivity index (χ1) is 14.6. The van der Waals surface area contributed by atoms with Crippen molar-refractivity contribution >= 4 is 38.7 Å². The molecule has 2 saturated carbocycles. The number of rotatable bonds is 5. The van der Waals surface area contributed by atoms with Gasteiger partial charge < -0.3 is 15.8 Å². The predicted octanol–water partition coefficient (Wildman–Crippen LogP) is 3.85. The van der Waals surface area contributed by atoms with Crippen LogP contribution in [0, 0.1) is 5.41 Å². The highest BCUT2D eigenvalue weighted by Crippen LogP contribution is 2.57. The average Bonchev–Trinajstić information content (AvgIpc) is 3.30. The molecule has 2 fully saturated rings. The van der Waals surface area contributed by atoms with Gasteiger partial charge in [0, 0.05) is 12.2 Å². The number of nitrogens with one attached hydrogen (secondary N) is 1. The maximum Gasteiger partial charge on any atom is 0.254 e. The van der Waals surface area contributed by atoms with Gasteiger partial charge in [-0.3, -0.25) is 4.79 Å². The van der Waals surface area contributed by atoms with Crippen molar-refractivity contribution in [1.82, 2.24) is 14.6 Å². The number of thiophene rings is 1. The second kappa shape index (κ2) is 6.43. The van der Waals surface area contributed by atoms with E-state index in [0.717, 1.165) is 47.1 Å². The van der Waals surface area contributed by atoms with Crippen LogP contribution in [0.4, 0.5) is 5.69 Å². The van der Waals surface area contributed by atoms with E-state index in [4.69, 9.17) is 10.5 Å². The number of hydrogen-bond donors (Lipinski definition) is 2. The predicted molar refractivity (Wildman–Crippen MR) is 116 cm³/mol. The zero-order valence-electron chi connectivity index (χ0n) is 16.2. The van der Waals surface area contributed by atoms with E-state index in [0.29, 0.717) is 22.9 Å². The minimum Gasteiger partial charge on any atom is -0.474 e. The first-order valence-corrected chi connectivity index (χ1v) is 11.0. The first kappa shape index (κ1) is 17.7. The number of carbonyl (C=O) groups is 1. The van der Waals surface area contributed by atoms with Crippen LogP contribution in [0.3, 0.4) is 0 Å². The van der Waals surface area contributed by atoms with E-state index >= 15 is 0 Å². The summed E-state index contributed by atoms with van der Waals surface area (Å²) in [6.45, 7) is 0. The van der Waals surface area contributed by atoms with Crippen LogP contribution in [-0.2, 0) is 0 Å². The molecule has 0 aliphatic heterocycles. The fourth-order valence-electron chi connectivity index (χ4n) is 4.98. The SMILES string of the molecule is NC(=O)c1cc2sccc2nc1OC1CC2(CC(Nc3cnn4ccccc34)C2)C1. The molecule has 2 aliphatic rings. The molecule has 0 radical (unpaired) electrons. The maximum absolute atomic E-state index is 11.8. The molecule has 0 atom stereocenters. The highest BCUT2D eigenvalue weighted by Gasteiger charge is 2.54.